The summed E-state index contributed by atoms with van der Waals surface area (Å²) in [5.74, 6) is -0.140. The van der Waals surface area contributed by atoms with Crippen molar-refractivity contribution in [1.82, 2.24) is 5.32 Å². The summed E-state index contributed by atoms with van der Waals surface area (Å²) in [6.07, 6.45) is 0. The summed E-state index contributed by atoms with van der Waals surface area (Å²) in [5.41, 5.74) is 1.67. The van der Waals surface area contributed by atoms with Crippen LogP contribution in [0.15, 0.2) is 18.2 Å². The second kappa shape index (κ2) is 6.48. The molecule has 1 amide bonds. The zero-order valence-electron chi connectivity index (χ0n) is 9.09. The van der Waals surface area contributed by atoms with Crippen molar-refractivity contribution in [2.75, 3.05) is 25.0 Å². The molecule has 0 aromatic heterocycles. The van der Waals surface area contributed by atoms with Gasteiger partial charge in [0.15, 0.2) is 0 Å². The number of anilines is 1. The highest BCUT2D eigenvalue weighted by atomic mass is 35.5. The first-order valence-corrected chi connectivity index (χ1v) is 5.39. The molecule has 1 aromatic rings. The summed E-state index contributed by atoms with van der Waals surface area (Å²) < 4.78 is 0. The Morgan fingerprint density at radius 3 is 2.88 bits per heavy atom. The predicted molar refractivity (Wildman–Crippen MR) is 64.8 cm³/mol. The average Bonchev–Trinajstić information content (AvgIpc) is 2.23. The van der Waals surface area contributed by atoms with Crippen LogP contribution in [0.2, 0.25) is 5.02 Å². The van der Waals surface area contributed by atoms with E-state index < -0.39 is 0 Å². The van der Waals surface area contributed by atoms with Crippen LogP contribution < -0.4 is 10.6 Å². The molecule has 0 fully saturated rings. The lowest BCUT2D eigenvalue weighted by molar-refractivity contribution is -0.115. The van der Waals surface area contributed by atoms with Gasteiger partial charge in [-0.15, -0.1) is 0 Å². The molecule has 3 N–H and O–H groups in total. The number of benzene rings is 1. The number of aliphatic hydroxyl groups is 1. The predicted octanol–water partition coefficient (Wildman–Crippen LogP) is 1.17. The highest BCUT2D eigenvalue weighted by molar-refractivity contribution is 6.30. The fourth-order valence-electron chi connectivity index (χ4n) is 1.24. The fourth-order valence-corrected chi connectivity index (χ4v) is 1.47. The van der Waals surface area contributed by atoms with Gasteiger partial charge < -0.3 is 15.7 Å². The monoisotopic (exact) mass is 242 g/mol. The number of halogens is 1. The third-order valence-corrected chi connectivity index (χ3v) is 2.27. The van der Waals surface area contributed by atoms with Crippen LogP contribution in [-0.2, 0) is 4.79 Å². The van der Waals surface area contributed by atoms with Crippen LogP contribution in [0.4, 0.5) is 5.69 Å². The molecule has 0 aliphatic heterocycles. The van der Waals surface area contributed by atoms with Crippen LogP contribution in [0.3, 0.4) is 0 Å². The van der Waals surface area contributed by atoms with E-state index in [4.69, 9.17) is 16.7 Å². The molecule has 0 saturated heterocycles. The van der Waals surface area contributed by atoms with Crippen molar-refractivity contribution in [1.29, 1.82) is 0 Å². The molecule has 1 rings (SSSR count). The maximum Gasteiger partial charge on any atom is 0.238 e. The molecule has 0 bridgehead atoms. The minimum absolute atomic E-state index is 0.0211. The molecule has 0 unspecified atom stereocenters. The minimum Gasteiger partial charge on any atom is -0.395 e. The van der Waals surface area contributed by atoms with Gasteiger partial charge >= 0.3 is 0 Å². The van der Waals surface area contributed by atoms with Gasteiger partial charge in [0.2, 0.25) is 5.91 Å². The molecule has 4 nitrogen and oxygen atoms in total. The molecule has 88 valence electrons. The Kier molecular flexibility index (Phi) is 5.25. The third-order valence-electron chi connectivity index (χ3n) is 2.04. The van der Waals surface area contributed by atoms with E-state index in [1.165, 1.54) is 0 Å². The number of carbonyl (C=O) groups is 1. The van der Waals surface area contributed by atoms with E-state index in [2.05, 4.69) is 10.6 Å². The van der Waals surface area contributed by atoms with E-state index in [0.29, 0.717) is 11.6 Å². The molecular weight excluding hydrogens is 228 g/mol. The van der Waals surface area contributed by atoms with Crippen molar-refractivity contribution in [2.45, 2.75) is 6.92 Å². The van der Waals surface area contributed by atoms with Crippen LogP contribution in [0, 0.1) is 6.92 Å². The third kappa shape index (κ3) is 4.18. The van der Waals surface area contributed by atoms with Crippen molar-refractivity contribution in [3.05, 3.63) is 28.8 Å². The first-order chi connectivity index (χ1) is 7.63. The molecule has 1 aromatic carbocycles. The van der Waals surface area contributed by atoms with Crippen LogP contribution in [-0.4, -0.2) is 30.7 Å². The van der Waals surface area contributed by atoms with Gasteiger partial charge in [-0.2, -0.15) is 0 Å². The van der Waals surface area contributed by atoms with Crippen molar-refractivity contribution in [3.63, 3.8) is 0 Å². The van der Waals surface area contributed by atoms with E-state index in [9.17, 15) is 4.79 Å². The zero-order chi connectivity index (χ0) is 12.0. The first-order valence-electron chi connectivity index (χ1n) is 5.01. The summed E-state index contributed by atoms with van der Waals surface area (Å²) in [6.45, 7) is 2.49. The van der Waals surface area contributed by atoms with Gasteiger partial charge in [0.05, 0.1) is 13.2 Å². The van der Waals surface area contributed by atoms with Gasteiger partial charge in [0.1, 0.15) is 0 Å². The van der Waals surface area contributed by atoms with Gasteiger partial charge in [-0.3, -0.25) is 4.79 Å². The number of nitrogens with one attached hydrogen (secondary N) is 2. The van der Waals surface area contributed by atoms with Gasteiger partial charge in [0, 0.05) is 17.3 Å². The van der Waals surface area contributed by atoms with Gasteiger partial charge in [0.25, 0.3) is 0 Å². The van der Waals surface area contributed by atoms with E-state index in [1.54, 1.807) is 18.2 Å². The second-order valence-electron chi connectivity index (χ2n) is 3.41. The lowest BCUT2D eigenvalue weighted by Gasteiger charge is -2.08. The molecule has 0 heterocycles. The molecule has 0 radical (unpaired) electrons. The molecule has 5 heteroatoms. The maximum absolute atomic E-state index is 11.4. The molecule has 0 saturated carbocycles. The fraction of sp³-hybridized carbons (Fsp3) is 0.364. The number of aliphatic hydroxyl groups excluding tert-OH is 1. The van der Waals surface area contributed by atoms with E-state index in [0.717, 1.165) is 11.3 Å². The van der Waals surface area contributed by atoms with Crippen LogP contribution in [0.5, 0.6) is 0 Å². The number of hydrogen-bond acceptors (Lipinski definition) is 3. The largest absolute Gasteiger partial charge is 0.395 e. The number of rotatable bonds is 5. The molecule has 0 aliphatic rings. The van der Waals surface area contributed by atoms with Gasteiger partial charge in [-0.25, -0.2) is 0 Å². The quantitative estimate of drug-likeness (QED) is 0.680. The van der Waals surface area contributed by atoms with Crippen LogP contribution in [0.25, 0.3) is 0 Å². The average molecular weight is 243 g/mol. The Hall–Kier alpha value is -1.10. The summed E-state index contributed by atoms with van der Waals surface area (Å²) in [4.78, 5) is 11.4. The van der Waals surface area contributed by atoms with Crippen molar-refractivity contribution >= 4 is 23.2 Å². The van der Waals surface area contributed by atoms with E-state index in [-0.39, 0.29) is 19.1 Å². The molecular formula is C11H15ClN2O2. The SMILES string of the molecule is Cc1cc(Cl)ccc1NC(=O)CNCCO. The number of aryl methyl sites for hydroxylation is 1. The topological polar surface area (TPSA) is 61.4 Å². The van der Waals surface area contributed by atoms with Crippen molar-refractivity contribution in [3.8, 4) is 0 Å². The van der Waals surface area contributed by atoms with Crippen LogP contribution >= 0.6 is 11.6 Å². The minimum atomic E-state index is -0.140. The maximum atomic E-state index is 11.4. The van der Waals surface area contributed by atoms with Crippen LogP contribution in [0.1, 0.15) is 5.56 Å². The smallest absolute Gasteiger partial charge is 0.238 e. The summed E-state index contributed by atoms with van der Waals surface area (Å²) >= 11 is 5.80. The van der Waals surface area contributed by atoms with Gasteiger partial charge in [-0.05, 0) is 30.7 Å². The highest BCUT2D eigenvalue weighted by Crippen LogP contribution is 2.19. The molecule has 0 spiro atoms. The Bertz CT molecular complexity index is 369. The highest BCUT2D eigenvalue weighted by Gasteiger charge is 2.04. The summed E-state index contributed by atoms with van der Waals surface area (Å²) in [7, 11) is 0. The molecule has 16 heavy (non-hydrogen) atoms. The van der Waals surface area contributed by atoms with Gasteiger partial charge in [-0.1, -0.05) is 11.6 Å². The first kappa shape index (κ1) is 13.0. The number of hydrogen-bond donors (Lipinski definition) is 3. The Balaban J connectivity index is 2.49. The molecule has 0 atom stereocenters. The number of amides is 1. The normalized spacial score (nSPS) is 10.2. The number of carbonyl (C=O) groups excluding carboxylic acids is 1. The van der Waals surface area contributed by atoms with Crippen molar-refractivity contribution in [2.24, 2.45) is 0 Å². The zero-order valence-corrected chi connectivity index (χ0v) is 9.84. The second-order valence-corrected chi connectivity index (χ2v) is 3.84. The lowest BCUT2D eigenvalue weighted by atomic mass is 10.2. The Morgan fingerprint density at radius 1 is 1.50 bits per heavy atom. The van der Waals surface area contributed by atoms with E-state index in [1.807, 2.05) is 6.92 Å². The summed E-state index contributed by atoms with van der Waals surface area (Å²) in [6, 6.07) is 5.28. The van der Waals surface area contributed by atoms with Crippen molar-refractivity contribution < 1.29 is 9.90 Å². The van der Waals surface area contributed by atoms with E-state index >= 15 is 0 Å². The summed E-state index contributed by atoms with van der Waals surface area (Å²) in [5, 5.41) is 14.7. The Labute approximate surface area is 99.6 Å². The standard InChI is InChI=1S/C11H15ClN2O2/c1-8-6-9(12)2-3-10(8)14-11(16)7-13-4-5-15/h2-3,6,13,15H,4-5,7H2,1H3,(H,14,16). The molecule has 0 aliphatic carbocycles. The Morgan fingerprint density at radius 2 is 2.25 bits per heavy atom. The lowest BCUT2D eigenvalue weighted by Crippen LogP contribution is -2.30.